The molecule has 0 radical (unpaired) electrons. The normalized spacial score (nSPS) is 13.6. The highest BCUT2D eigenvalue weighted by atomic mass is 32.2. The summed E-state index contributed by atoms with van der Waals surface area (Å²) in [5.41, 5.74) is 2.67. The minimum Gasteiger partial charge on any atom is -0.493 e. The number of aromatic nitrogens is 6. The SMILES string of the molecule is CCCOc1cc(OCCCCN(C)CC(=O)NCCOCCOCCOCCC(=O)N2CCN(c3ccc(Nc4ncc5c(C)c(C(C)=O)c(=O)n(C6CCCC6)c5n4)nc3)CC2)cc(Oc2cc3c(cc2NS(=O)(=O)c2ccc(OC)c(OC)c2)n(C)c(=O)n3C)c1. The van der Waals surface area contributed by atoms with Crippen LogP contribution in [0.1, 0.15) is 87.2 Å². The minimum absolute atomic E-state index is 0.0206. The second-order valence-electron chi connectivity index (χ2n) is 23.2. The van der Waals surface area contributed by atoms with Crippen LogP contribution in [0.5, 0.6) is 34.5 Å². The standard InChI is InChI=1S/C66H86N12O15S/c1-9-27-91-48-35-49(37-50(36-48)93-57-40-55-54(74(5)66(83)75(55)6)39-53(57)72-94(84,85)51-17-18-56(86-7)58(38-51)87-8)92-28-13-12-22-73(4)43-60(80)67-21-30-89-32-34-90-33-31-88-29-20-61(81)77-25-23-76(24-26-77)47-16-19-59(68-41-47)70-65-69-42-52-44(2)62(45(3)79)64(82)78(63(52)71-65)46-14-10-11-15-46/h16-19,35-42,46,72H,9-15,20-34,43H2,1-8H3,(H,67,80)(H,68,69,70,71). The number of carbonyl (C=O) groups is 3. The number of nitrogens with one attached hydrogen (secondary N) is 3. The lowest BCUT2D eigenvalue weighted by molar-refractivity contribution is -0.132. The van der Waals surface area contributed by atoms with Crippen molar-refractivity contribution < 1.29 is 60.7 Å². The molecule has 3 aromatic carbocycles. The maximum atomic E-state index is 13.9. The molecular formula is C66H86N12O15S. The van der Waals surface area contributed by atoms with Crippen molar-refractivity contribution >= 4 is 72.8 Å². The molecule has 0 atom stereocenters. The van der Waals surface area contributed by atoms with Crippen molar-refractivity contribution in [3.05, 3.63) is 105 Å². The summed E-state index contributed by atoms with van der Waals surface area (Å²) in [4.78, 5) is 84.6. The van der Waals surface area contributed by atoms with E-state index < -0.39 is 10.0 Å². The number of ketones is 1. The van der Waals surface area contributed by atoms with Gasteiger partial charge in [0.1, 0.15) is 28.7 Å². The number of ether oxygens (including phenoxy) is 8. The van der Waals surface area contributed by atoms with Crippen LogP contribution in [0.15, 0.2) is 87.5 Å². The average Bonchev–Trinajstić information content (AvgIpc) is 1.13. The predicted octanol–water partition coefficient (Wildman–Crippen LogP) is 7.14. The third-order valence-corrected chi connectivity index (χ3v) is 17.8. The van der Waals surface area contributed by atoms with Crippen molar-refractivity contribution in [3.8, 4) is 34.5 Å². The second-order valence-corrected chi connectivity index (χ2v) is 24.9. The van der Waals surface area contributed by atoms with Crippen LogP contribution < -0.4 is 55.2 Å². The number of likely N-dealkylation sites (N-methyl/N-ethyl adjacent to an activating group) is 1. The van der Waals surface area contributed by atoms with E-state index in [4.69, 9.17) is 42.9 Å². The molecule has 2 amide bonds. The maximum Gasteiger partial charge on any atom is 0.328 e. The van der Waals surface area contributed by atoms with Gasteiger partial charge >= 0.3 is 5.69 Å². The Morgan fingerprint density at radius 1 is 0.734 bits per heavy atom. The fourth-order valence-corrected chi connectivity index (χ4v) is 12.5. The molecule has 7 aromatic rings. The summed E-state index contributed by atoms with van der Waals surface area (Å²) in [5.74, 6) is 2.44. The van der Waals surface area contributed by atoms with Gasteiger partial charge in [0, 0.05) is 94.8 Å². The number of hydrogen-bond acceptors (Lipinski definition) is 21. The highest BCUT2D eigenvalue weighted by Crippen LogP contribution is 2.39. The van der Waals surface area contributed by atoms with Gasteiger partial charge in [0.15, 0.2) is 23.0 Å². The largest absolute Gasteiger partial charge is 0.493 e. The first-order valence-electron chi connectivity index (χ1n) is 31.8. The van der Waals surface area contributed by atoms with E-state index in [9.17, 15) is 32.4 Å². The molecule has 2 aliphatic rings. The van der Waals surface area contributed by atoms with Gasteiger partial charge < -0.3 is 58.3 Å². The number of aryl methyl sites for hydroxylation is 3. The summed E-state index contributed by atoms with van der Waals surface area (Å²) in [6.07, 6.45) is 9.62. The third-order valence-electron chi connectivity index (χ3n) is 16.5. The molecule has 1 saturated heterocycles. The molecule has 3 N–H and O–H groups in total. The molecule has 0 unspecified atom stereocenters. The third kappa shape index (κ3) is 17.7. The molecule has 27 nitrogen and oxygen atoms in total. The Hall–Kier alpha value is -8.83. The number of sulfonamides is 1. The first kappa shape index (κ1) is 69.5. The molecule has 506 valence electrons. The Morgan fingerprint density at radius 3 is 2.07 bits per heavy atom. The van der Waals surface area contributed by atoms with Crippen molar-refractivity contribution in [1.82, 2.24) is 43.8 Å². The lowest BCUT2D eigenvalue weighted by Crippen LogP contribution is -2.49. The number of hydrogen-bond donors (Lipinski definition) is 3. The van der Waals surface area contributed by atoms with E-state index in [2.05, 4.69) is 30.2 Å². The molecule has 0 bridgehead atoms. The highest BCUT2D eigenvalue weighted by molar-refractivity contribution is 7.92. The summed E-state index contributed by atoms with van der Waals surface area (Å²) in [7, 11) is 3.74. The summed E-state index contributed by atoms with van der Waals surface area (Å²) in [6, 6.07) is 16.3. The zero-order valence-electron chi connectivity index (χ0n) is 54.8. The van der Waals surface area contributed by atoms with Gasteiger partial charge in [0.05, 0.1) is 119 Å². The smallest absolute Gasteiger partial charge is 0.328 e. The number of benzene rings is 3. The second kappa shape index (κ2) is 32.8. The quantitative estimate of drug-likeness (QED) is 0.0263. The predicted molar refractivity (Wildman–Crippen MR) is 355 cm³/mol. The fourth-order valence-electron chi connectivity index (χ4n) is 11.5. The lowest BCUT2D eigenvalue weighted by Gasteiger charge is -2.36. The van der Waals surface area contributed by atoms with Crippen LogP contribution in [0.25, 0.3) is 22.1 Å². The van der Waals surface area contributed by atoms with Gasteiger partial charge in [-0.2, -0.15) is 4.98 Å². The Labute approximate surface area is 546 Å². The van der Waals surface area contributed by atoms with E-state index in [0.717, 1.165) is 44.2 Å². The molecule has 1 saturated carbocycles. The number of carbonyl (C=O) groups excluding carboxylic acids is 3. The Balaban J connectivity index is 0.617. The number of Topliss-reactive ketones (excluding diaryl/α,β-unsaturated/α-hetero) is 1. The van der Waals surface area contributed by atoms with Crippen molar-refractivity contribution in [3.63, 3.8) is 0 Å². The van der Waals surface area contributed by atoms with Gasteiger partial charge in [-0.05, 0) is 95.4 Å². The van der Waals surface area contributed by atoms with E-state index in [1.807, 2.05) is 35.9 Å². The monoisotopic (exact) mass is 1320 g/mol. The van der Waals surface area contributed by atoms with Crippen LogP contribution in [-0.2, 0) is 47.9 Å². The number of piperazine rings is 1. The van der Waals surface area contributed by atoms with Crippen molar-refractivity contribution in [2.24, 2.45) is 14.1 Å². The summed E-state index contributed by atoms with van der Waals surface area (Å²) < 4.78 is 81.2. The topological polar surface area (TPSA) is 293 Å². The van der Waals surface area contributed by atoms with Crippen LogP contribution in [0.3, 0.4) is 0 Å². The molecule has 28 heteroatoms. The summed E-state index contributed by atoms with van der Waals surface area (Å²) >= 11 is 0. The number of imidazole rings is 1. The molecule has 1 aliphatic heterocycles. The van der Waals surface area contributed by atoms with Crippen LogP contribution in [0.4, 0.5) is 23.1 Å². The molecule has 1 aliphatic carbocycles. The van der Waals surface area contributed by atoms with Crippen LogP contribution >= 0.6 is 0 Å². The Kier molecular flexibility index (Phi) is 24.3. The molecule has 94 heavy (non-hydrogen) atoms. The van der Waals surface area contributed by atoms with Crippen molar-refractivity contribution in [1.29, 1.82) is 0 Å². The van der Waals surface area contributed by atoms with Gasteiger partial charge in [-0.25, -0.2) is 23.2 Å². The number of amides is 2. The Morgan fingerprint density at radius 2 is 1.40 bits per heavy atom. The number of unbranched alkanes of at least 4 members (excludes halogenated alkanes) is 1. The van der Waals surface area contributed by atoms with Crippen LogP contribution in [-0.4, -0.2) is 184 Å². The average molecular weight is 1320 g/mol. The van der Waals surface area contributed by atoms with E-state index in [1.54, 1.807) is 68.3 Å². The number of fused-ring (bicyclic) bond motifs is 2. The number of nitrogens with zero attached hydrogens (tertiary/aromatic N) is 9. The van der Waals surface area contributed by atoms with Gasteiger partial charge in [0.2, 0.25) is 17.8 Å². The number of methoxy groups -OCH3 is 2. The Bertz CT molecular complexity index is 4010. The van der Waals surface area contributed by atoms with Gasteiger partial charge in [0.25, 0.3) is 15.6 Å². The lowest BCUT2D eigenvalue weighted by atomic mass is 10.0. The van der Waals surface area contributed by atoms with Crippen molar-refractivity contribution in [2.45, 2.75) is 83.1 Å². The number of pyridine rings is 2. The maximum absolute atomic E-state index is 13.9. The summed E-state index contributed by atoms with van der Waals surface area (Å²) in [6.45, 7) is 11.6. The van der Waals surface area contributed by atoms with Crippen LogP contribution in [0.2, 0.25) is 0 Å². The first-order chi connectivity index (χ1) is 45.4. The molecular weight excluding hydrogens is 1230 g/mol. The zero-order valence-corrected chi connectivity index (χ0v) is 55.6. The van der Waals surface area contributed by atoms with Gasteiger partial charge in [-0.1, -0.05) is 19.8 Å². The minimum atomic E-state index is -4.22. The first-order valence-corrected chi connectivity index (χ1v) is 33.2. The number of anilines is 4. The highest BCUT2D eigenvalue weighted by Gasteiger charge is 2.28. The van der Waals surface area contributed by atoms with Crippen molar-refractivity contribution in [2.75, 3.05) is 135 Å². The van der Waals surface area contributed by atoms with E-state index in [-0.39, 0.29) is 82.1 Å². The molecule has 2 fully saturated rings. The molecule has 0 spiro atoms. The van der Waals surface area contributed by atoms with Crippen LogP contribution in [0, 0.1) is 6.92 Å². The van der Waals surface area contributed by atoms with E-state index in [0.29, 0.717) is 154 Å². The van der Waals surface area contributed by atoms with E-state index in [1.165, 1.54) is 48.5 Å². The van der Waals surface area contributed by atoms with Gasteiger partial charge in [-0.15, -0.1) is 0 Å². The molecule has 5 heterocycles. The zero-order chi connectivity index (χ0) is 66.9. The van der Waals surface area contributed by atoms with E-state index >= 15 is 0 Å². The molecule has 9 rings (SSSR count). The summed E-state index contributed by atoms with van der Waals surface area (Å²) in [5, 5.41) is 6.75. The molecule has 4 aromatic heterocycles. The fraction of sp³-hybridized carbons (Fsp3) is 0.485. The number of rotatable bonds is 35. The van der Waals surface area contributed by atoms with Gasteiger partial charge in [-0.3, -0.25) is 42.5 Å².